The first-order chi connectivity index (χ1) is 7.16. The third-order valence-corrected chi connectivity index (χ3v) is 2.28. The van der Waals surface area contributed by atoms with E-state index in [1.165, 1.54) is 0 Å². The van der Waals surface area contributed by atoms with Crippen LogP contribution in [0.25, 0.3) is 5.82 Å². The van der Waals surface area contributed by atoms with E-state index in [1.54, 1.807) is 0 Å². The number of pyridine rings is 1. The standard InChI is InChI=1S/C12H15N3/c1-10(2)14-7-8-15(9-14)12-6-4-5-11(3)13-12/h4-8,10H,1-3H3/q+1. The van der Waals surface area contributed by atoms with Gasteiger partial charge in [-0.15, -0.1) is 0 Å². The summed E-state index contributed by atoms with van der Waals surface area (Å²) in [6.45, 7) is 6.25. The van der Waals surface area contributed by atoms with Crippen LogP contribution in [0.2, 0.25) is 0 Å². The van der Waals surface area contributed by atoms with Crippen LogP contribution in [0, 0.1) is 13.3 Å². The summed E-state index contributed by atoms with van der Waals surface area (Å²) in [4.78, 5) is 4.43. The van der Waals surface area contributed by atoms with Crippen LogP contribution >= 0.6 is 0 Å². The minimum atomic E-state index is 0.427. The molecule has 0 bridgehead atoms. The van der Waals surface area contributed by atoms with E-state index < -0.39 is 0 Å². The van der Waals surface area contributed by atoms with Crippen LogP contribution in [-0.2, 0) is 0 Å². The summed E-state index contributed by atoms with van der Waals surface area (Å²) in [5.41, 5.74) is 1.02. The highest BCUT2D eigenvalue weighted by atomic mass is 15.2. The molecule has 2 aromatic rings. The highest BCUT2D eigenvalue weighted by molar-refractivity contribution is 5.23. The summed E-state index contributed by atoms with van der Waals surface area (Å²) in [7, 11) is 0. The lowest BCUT2D eigenvalue weighted by atomic mass is 10.4. The Balaban J connectivity index is 2.37. The highest BCUT2D eigenvalue weighted by Crippen LogP contribution is 2.04. The average Bonchev–Trinajstić information content (AvgIpc) is 2.66. The van der Waals surface area contributed by atoms with E-state index in [2.05, 4.69) is 25.2 Å². The van der Waals surface area contributed by atoms with E-state index in [1.807, 2.05) is 46.7 Å². The van der Waals surface area contributed by atoms with Crippen LogP contribution in [0.1, 0.15) is 25.6 Å². The molecule has 0 amide bonds. The maximum absolute atomic E-state index is 4.43. The van der Waals surface area contributed by atoms with Gasteiger partial charge in [-0.05, 0) is 26.8 Å². The molecule has 0 spiro atoms. The van der Waals surface area contributed by atoms with E-state index in [-0.39, 0.29) is 0 Å². The normalized spacial score (nSPS) is 10.9. The number of imidazole rings is 1. The zero-order chi connectivity index (χ0) is 10.8. The fourth-order valence-electron chi connectivity index (χ4n) is 1.41. The van der Waals surface area contributed by atoms with Crippen LogP contribution in [0.15, 0.2) is 30.6 Å². The molecule has 0 saturated heterocycles. The van der Waals surface area contributed by atoms with Gasteiger partial charge in [-0.2, -0.15) is 4.57 Å². The Morgan fingerprint density at radius 2 is 2.20 bits per heavy atom. The Labute approximate surface area is 90.0 Å². The summed E-state index contributed by atoms with van der Waals surface area (Å²) in [6, 6.07) is 6.40. The van der Waals surface area contributed by atoms with E-state index in [9.17, 15) is 0 Å². The summed E-state index contributed by atoms with van der Waals surface area (Å²) in [5, 5.41) is 0. The van der Waals surface area contributed by atoms with Crippen LogP contribution < -0.4 is 4.57 Å². The molecule has 2 rings (SSSR count). The second-order valence-electron chi connectivity index (χ2n) is 3.91. The SMILES string of the molecule is Cc1cccc(-n2[c][n+](C(C)C)cc2)n1. The zero-order valence-corrected chi connectivity index (χ0v) is 9.31. The molecular weight excluding hydrogens is 186 g/mol. The molecule has 2 aromatic heterocycles. The second kappa shape index (κ2) is 3.85. The first kappa shape index (κ1) is 9.90. The summed E-state index contributed by atoms with van der Waals surface area (Å²) >= 11 is 0. The van der Waals surface area contributed by atoms with E-state index in [0.29, 0.717) is 6.04 Å². The molecule has 0 atom stereocenters. The molecule has 0 aromatic carbocycles. The molecule has 0 aliphatic heterocycles. The van der Waals surface area contributed by atoms with Gasteiger partial charge < -0.3 is 0 Å². The molecule has 0 aliphatic carbocycles. The predicted molar refractivity (Wildman–Crippen MR) is 57.7 cm³/mol. The fourth-order valence-corrected chi connectivity index (χ4v) is 1.41. The molecule has 0 saturated carbocycles. The number of aromatic nitrogens is 3. The van der Waals surface area contributed by atoms with Crippen molar-refractivity contribution < 1.29 is 4.57 Å². The van der Waals surface area contributed by atoms with Crippen LogP contribution in [0.5, 0.6) is 0 Å². The highest BCUT2D eigenvalue weighted by Gasteiger charge is 2.11. The van der Waals surface area contributed by atoms with Gasteiger partial charge in [0.2, 0.25) is 5.82 Å². The van der Waals surface area contributed by atoms with Gasteiger partial charge in [0, 0.05) is 11.8 Å². The quantitative estimate of drug-likeness (QED) is 0.679. The molecule has 1 radical (unpaired) electrons. The van der Waals surface area contributed by atoms with Crippen molar-refractivity contribution in [2.24, 2.45) is 0 Å². The van der Waals surface area contributed by atoms with Crippen LogP contribution in [0.3, 0.4) is 0 Å². The van der Waals surface area contributed by atoms with Gasteiger partial charge in [-0.25, -0.2) is 9.55 Å². The van der Waals surface area contributed by atoms with Crippen molar-refractivity contribution in [1.29, 1.82) is 0 Å². The van der Waals surface area contributed by atoms with Crippen molar-refractivity contribution in [2.75, 3.05) is 0 Å². The topological polar surface area (TPSA) is 21.7 Å². The van der Waals surface area contributed by atoms with E-state index in [0.717, 1.165) is 11.5 Å². The largest absolute Gasteiger partial charge is 0.380 e. The van der Waals surface area contributed by atoms with Crippen molar-refractivity contribution in [2.45, 2.75) is 26.8 Å². The van der Waals surface area contributed by atoms with Gasteiger partial charge in [0.1, 0.15) is 12.4 Å². The average molecular weight is 201 g/mol. The molecule has 15 heavy (non-hydrogen) atoms. The number of hydrogen-bond acceptors (Lipinski definition) is 1. The Kier molecular flexibility index (Phi) is 2.54. The molecule has 0 unspecified atom stereocenters. The lowest BCUT2D eigenvalue weighted by Crippen LogP contribution is -2.33. The second-order valence-corrected chi connectivity index (χ2v) is 3.91. The molecule has 0 fully saturated rings. The maximum atomic E-state index is 4.43. The first-order valence-corrected chi connectivity index (χ1v) is 5.12. The fraction of sp³-hybridized carbons (Fsp3) is 0.333. The van der Waals surface area contributed by atoms with E-state index in [4.69, 9.17) is 0 Å². The molecule has 3 nitrogen and oxygen atoms in total. The van der Waals surface area contributed by atoms with Crippen molar-refractivity contribution in [1.82, 2.24) is 9.55 Å². The third kappa shape index (κ3) is 2.06. The minimum absolute atomic E-state index is 0.427. The van der Waals surface area contributed by atoms with Crippen molar-refractivity contribution in [3.8, 4) is 5.82 Å². The maximum Gasteiger partial charge on any atom is 0.380 e. The van der Waals surface area contributed by atoms with Gasteiger partial charge >= 0.3 is 6.33 Å². The molecular formula is C12H15N3+. The lowest BCUT2D eigenvalue weighted by Gasteiger charge is -1.96. The summed E-state index contributed by atoms with van der Waals surface area (Å²) in [5.74, 6) is 0.911. The van der Waals surface area contributed by atoms with Crippen LogP contribution in [0.4, 0.5) is 0 Å². The smallest absolute Gasteiger partial charge is 0.221 e. The number of nitrogens with zero attached hydrogens (tertiary/aromatic N) is 3. The van der Waals surface area contributed by atoms with Gasteiger partial charge in [0.05, 0.1) is 6.04 Å². The Bertz CT molecular complexity index is 457. The van der Waals surface area contributed by atoms with Gasteiger partial charge in [0.15, 0.2) is 0 Å². The summed E-state index contributed by atoms with van der Waals surface area (Å²) < 4.78 is 3.94. The molecule has 0 N–H and O–H groups in total. The van der Waals surface area contributed by atoms with Crippen molar-refractivity contribution in [3.05, 3.63) is 42.6 Å². The molecule has 0 aliphatic rings. The van der Waals surface area contributed by atoms with Gasteiger partial charge in [-0.3, -0.25) is 0 Å². The Morgan fingerprint density at radius 1 is 1.40 bits per heavy atom. The molecule has 77 valence electrons. The molecule has 3 heteroatoms. The van der Waals surface area contributed by atoms with Crippen molar-refractivity contribution in [3.63, 3.8) is 0 Å². The predicted octanol–water partition coefficient (Wildman–Crippen LogP) is 1.85. The van der Waals surface area contributed by atoms with E-state index >= 15 is 0 Å². The first-order valence-electron chi connectivity index (χ1n) is 5.12. The number of rotatable bonds is 2. The number of hydrogen-bond donors (Lipinski definition) is 0. The van der Waals surface area contributed by atoms with Crippen molar-refractivity contribution >= 4 is 0 Å². The van der Waals surface area contributed by atoms with Gasteiger partial charge in [0.25, 0.3) is 0 Å². The Morgan fingerprint density at radius 3 is 2.80 bits per heavy atom. The monoisotopic (exact) mass is 201 g/mol. The minimum Gasteiger partial charge on any atom is -0.221 e. The number of aryl methyl sites for hydroxylation is 1. The zero-order valence-electron chi connectivity index (χ0n) is 9.31. The van der Waals surface area contributed by atoms with Crippen LogP contribution in [-0.4, -0.2) is 9.55 Å². The Hall–Kier alpha value is -1.64. The molecule has 2 heterocycles. The third-order valence-electron chi connectivity index (χ3n) is 2.28. The lowest BCUT2D eigenvalue weighted by molar-refractivity contribution is -0.719. The van der Waals surface area contributed by atoms with Gasteiger partial charge in [-0.1, -0.05) is 6.07 Å². The summed E-state index contributed by atoms with van der Waals surface area (Å²) in [6.07, 6.45) is 7.21.